The van der Waals surface area contributed by atoms with Crippen molar-refractivity contribution in [2.75, 3.05) is 7.11 Å². The molecule has 0 saturated heterocycles. The van der Waals surface area contributed by atoms with E-state index in [4.69, 9.17) is 0 Å². The Morgan fingerprint density at radius 1 is 1.50 bits per heavy atom. The van der Waals surface area contributed by atoms with Gasteiger partial charge >= 0.3 is 11.7 Å². The monoisotopic (exact) mass is 226 g/mol. The van der Waals surface area contributed by atoms with Gasteiger partial charge in [0.05, 0.1) is 7.11 Å². The number of aromatic nitrogens is 2. The van der Waals surface area contributed by atoms with Crippen LogP contribution in [0.15, 0.2) is 15.7 Å². The smallest absolute Gasteiger partial charge is 0.329 e. The summed E-state index contributed by atoms with van der Waals surface area (Å²) in [4.78, 5) is 36.5. The van der Waals surface area contributed by atoms with Crippen LogP contribution < -0.4 is 11.2 Å². The lowest BCUT2D eigenvalue weighted by Gasteiger charge is -2.04. The molecule has 0 bridgehead atoms. The maximum absolute atomic E-state index is 11.5. The van der Waals surface area contributed by atoms with Crippen molar-refractivity contribution in [2.24, 2.45) is 0 Å². The molecule has 1 heterocycles. The van der Waals surface area contributed by atoms with Gasteiger partial charge in [-0.2, -0.15) is 0 Å². The molecule has 0 fully saturated rings. The van der Waals surface area contributed by atoms with Gasteiger partial charge in [-0.1, -0.05) is 13.3 Å². The number of aromatic amines is 1. The first-order chi connectivity index (χ1) is 7.58. The predicted molar refractivity (Wildman–Crippen MR) is 57.3 cm³/mol. The largest absolute Gasteiger partial charge is 0.468 e. The number of H-pyrrole nitrogens is 1. The van der Waals surface area contributed by atoms with E-state index >= 15 is 0 Å². The second kappa shape index (κ2) is 5.29. The molecule has 0 aromatic carbocycles. The molecule has 1 aromatic heterocycles. The molecule has 16 heavy (non-hydrogen) atoms. The van der Waals surface area contributed by atoms with Gasteiger partial charge in [0.1, 0.15) is 6.54 Å². The average molecular weight is 226 g/mol. The molecular weight excluding hydrogens is 212 g/mol. The van der Waals surface area contributed by atoms with E-state index in [9.17, 15) is 14.4 Å². The zero-order valence-electron chi connectivity index (χ0n) is 9.28. The molecule has 0 saturated carbocycles. The Morgan fingerprint density at radius 2 is 2.19 bits per heavy atom. The molecular formula is C10H14N2O4. The summed E-state index contributed by atoms with van der Waals surface area (Å²) in [6.07, 6.45) is 1.46. The number of ether oxygens (including phenoxy) is 1. The molecule has 88 valence electrons. The van der Waals surface area contributed by atoms with Crippen molar-refractivity contribution in [3.05, 3.63) is 32.6 Å². The van der Waals surface area contributed by atoms with E-state index in [-0.39, 0.29) is 6.54 Å². The molecule has 1 N–H and O–H groups in total. The summed E-state index contributed by atoms with van der Waals surface area (Å²) in [6, 6.07) is 1.33. The van der Waals surface area contributed by atoms with Gasteiger partial charge in [-0.3, -0.25) is 9.59 Å². The SMILES string of the molecule is CCCc1cc(=O)n(CC(=O)OC)c(=O)[nH]1. The van der Waals surface area contributed by atoms with Gasteiger partial charge in [-0.25, -0.2) is 9.36 Å². The van der Waals surface area contributed by atoms with Crippen LogP contribution in [0.25, 0.3) is 0 Å². The molecule has 0 amide bonds. The standard InChI is InChI=1S/C10H14N2O4/c1-3-4-7-5-8(13)12(10(15)11-7)6-9(14)16-2/h5H,3-4,6H2,1-2H3,(H,11,15). The highest BCUT2D eigenvalue weighted by Gasteiger charge is 2.08. The third-order valence-corrected chi connectivity index (χ3v) is 2.11. The summed E-state index contributed by atoms with van der Waals surface area (Å²) in [6.45, 7) is 1.58. The van der Waals surface area contributed by atoms with Crippen LogP contribution in [0, 0.1) is 0 Å². The molecule has 0 atom stereocenters. The Labute approximate surface area is 91.9 Å². The third-order valence-electron chi connectivity index (χ3n) is 2.11. The fraction of sp³-hybridized carbons (Fsp3) is 0.500. The molecule has 0 radical (unpaired) electrons. The van der Waals surface area contributed by atoms with E-state index in [1.807, 2.05) is 6.92 Å². The highest BCUT2D eigenvalue weighted by molar-refractivity contribution is 5.68. The van der Waals surface area contributed by atoms with E-state index < -0.39 is 17.2 Å². The lowest BCUT2D eigenvalue weighted by molar-refractivity contribution is -0.141. The van der Waals surface area contributed by atoms with E-state index in [1.54, 1.807) is 0 Å². The van der Waals surface area contributed by atoms with E-state index in [2.05, 4.69) is 9.72 Å². The van der Waals surface area contributed by atoms with Crippen molar-refractivity contribution in [3.8, 4) is 0 Å². The fourth-order valence-corrected chi connectivity index (χ4v) is 1.32. The Hall–Kier alpha value is -1.85. The summed E-state index contributed by atoms with van der Waals surface area (Å²) in [5.41, 5.74) is -0.488. The number of nitrogens with zero attached hydrogens (tertiary/aromatic N) is 1. The number of methoxy groups -OCH3 is 1. The number of hydrogen-bond acceptors (Lipinski definition) is 4. The average Bonchev–Trinajstić information content (AvgIpc) is 2.23. The topological polar surface area (TPSA) is 81.2 Å². The molecule has 0 aliphatic carbocycles. The number of hydrogen-bond donors (Lipinski definition) is 1. The van der Waals surface area contributed by atoms with Gasteiger partial charge in [0.25, 0.3) is 5.56 Å². The van der Waals surface area contributed by atoms with Crippen molar-refractivity contribution in [2.45, 2.75) is 26.3 Å². The number of esters is 1. The highest BCUT2D eigenvalue weighted by Crippen LogP contribution is 1.92. The Balaban J connectivity index is 3.08. The van der Waals surface area contributed by atoms with E-state index in [1.165, 1.54) is 13.2 Å². The Kier molecular flexibility index (Phi) is 4.04. The zero-order chi connectivity index (χ0) is 12.1. The Morgan fingerprint density at radius 3 is 2.69 bits per heavy atom. The van der Waals surface area contributed by atoms with Crippen molar-refractivity contribution < 1.29 is 9.53 Å². The van der Waals surface area contributed by atoms with E-state index in [0.717, 1.165) is 11.0 Å². The minimum absolute atomic E-state index is 0.364. The minimum atomic E-state index is -0.629. The summed E-state index contributed by atoms with van der Waals surface area (Å²) in [7, 11) is 1.20. The van der Waals surface area contributed by atoms with Crippen LogP contribution >= 0.6 is 0 Å². The number of nitrogens with one attached hydrogen (secondary N) is 1. The molecule has 0 unspecified atom stereocenters. The summed E-state index contributed by atoms with van der Waals surface area (Å²) < 4.78 is 5.20. The zero-order valence-corrected chi connectivity index (χ0v) is 9.28. The number of rotatable bonds is 4. The molecule has 1 aromatic rings. The van der Waals surface area contributed by atoms with Crippen molar-refractivity contribution >= 4 is 5.97 Å². The van der Waals surface area contributed by atoms with Crippen molar-refractivity contribution in [1.29, 1.82) is 0 Å². The first-order valence-corrected chi connectivity index (χ1v) is 4.98. The maximum atomic E-state index is 11.5. The van der Waals surface area contributed by atoms with Gasteiger partial charge < -0.3 is 9.72 Å². The second-order valence-electron chi connectivity index (χ2n) is 3.35. The van der Waals surface area contributed by atoms with Crippen LogP contribution in [0.3, 0.4) is 0 Å². The van der Waals surface area contributed by atoms with Crippen molar-refractivity contribution in [3.63, 3.8) is 0 Å². The normalized spacial score (nSPS) is 10.1. The molecule has 0 spiro atoms. The minimum Gasteiger partial charge on any atom is -0.468 e. The van der Waals surface area contributed by atoms with Crippen LogP contribution in [-0.4, -0.2) is 22.6 Å². The van der Waals surface area contributed by atoms with Crippen LogP contribution in [0.2, 0.25) is 0 Å². The maximum Gasteiger partial charge on any atom is 0.329 e. The van der Waals surface area contributed by atoms with Gasteiger partial charge in [-0.05, 0) is 6.42 Å². The molecule has 6 nitrogen and oxygen atoms in total. The van der Waals surface area contributed by atoms with Crippen LogP contribution in [0.5, 0.6) is 0 Å². The van der Waals surface area contributed by atoms with Gasteiger partial charge in [-0.15, -0.1) is 0 Å². The number of carbonyl (C=O) groups is 1. The summed E-state index contributed by atoms with van der Waals surface area (Å²) in [5, 5.41) is 0. The Bertz CT molecular complexity index is 455. The second-order valence-corrected chi connectivity index (χ2v) is 3.35. The molecule has 0 aliphatic heterocycles. The lowest BCUT2D eigenvalue weighted by Crippen LogP contribution is -2.37. The van der Waals surface area contributed by atoms with Gasteiger partial charge in [0.15, 0.2) is 0 Å². The number of aryl methyl sites for hydroxylation is 1. The third kappa shape index (κ3) is 2.82. The number of carbonyl (C=O) groups excluding carboxylic acids is 1. The van der Waals surface area contributed by atoms with E-state index in [0.29, 0.717) is 12.1 Å². The summed E-state index contributed by atoms with van der Waals surface area (Å²) >= 11 is 0. The van der Waals surface area contributed by atoms with Crippen LogP contribution in [-0.2, 0) is 22.5 Å². The highest BCUT2D eigenvalue weighted by atomic mass is 16.5. The lowest BCUT2D eigenvalue weighted by atomic mass is 10.2. The first-order valence-electron chi connectivity index (χ1n) is 4.98. The molecule has 6 heteroatoms. The molecule has 0 aliphatic rings. The predicted octanol–water partition coefficient (Wildman–Crippen LogP) is -0.338. The van der Waals surface area contributed by atoms with Crippen molar-refractivity contribution in [1.82, 2.24) is 9.55 Å². The van der Waals surface area contributed by atoms with Crippen LogP contribution in [0.4, 0.5) is 0 Å². The van der Waals surface area contributed by atoms with Crippen LogP contribution in [0.1, 0.15) is 19.0 Å². The summed E-state index contributed by atoms with van der Waals surface area (Å²) in [5.74, 6) is -0.629. The van der Waals surface area contributed by atoms with Gasteiger partial charge in [0.2, 0.25) is 0 Å². The first kappa shape index (κ1) is 12.2. The fourth-order valence-electron chi connectivity index (χ4n) is 1.32. The quantitative estimate of drug-likeness (QED) is 0.712. The van der Waals surface area contributed by atoms with Gasteiger partial charge in [0, 0.05) is 11.8 Å². The molecule has 1 rings (SSSR count).